The van der Waals surface area contributed by atoms with Gasteiger partial charge in [0, 0.05) is 31.7 Å². The number of aromatic hydroxyl groups is 1. The van der Waals surface area contributed by atoms with Gasteiger partial charge >= 0.3 is 5.97 Å². The van der Waals surface area contributed by atoms with Gasteiger partial charge in [0.25, 0.3) is 0 Å². The minimum absolute atomic E-state index is 0.0147. The molecule has 1 unspecified atom stereocenters. The fraction of sp³-hybridized carbons (Fsp3) is 0.417. The van der Waals surface area contributed by atoms with Gasteiger partial charge in [0.1, 0.15) is 17.6 Å². The van der Waals surface area contributed by atoms with Gasteiger partial charge in [-0.2, -0.15) is 0 Å². The Morgan fingerprint density at radius 2 is 2.33 bits per heavy atom. The SMILES string of the molecule is O=C(O)C1CNCCN1Cc1cc(F)ccc1O. The lowest BCUT2D eigenvalue weighted by atomic mass is 10.1. The van der Waals surface area contributed by atoms with Crippen molar-refractivity contribution in [3.8, 4) is 5.75 Å². The molecule has 18 heavy (non-hydrogen) atoms. The highest BCUT2D eigenvalue weighted by atomic mass is 19.1. The van der Waals surface area contributed by atoms with Crippen LogP contribution in [0.5, 0.6) is 5.75 Å². The number of nitrogens with one attached hydrogen (secondary N) is 1. The maximum absolute atomic E-state index is 13.1. The number of rotatable bonds is 3. The van der Waals surface area contributed by atoms with E-state index in [1.165, 1.54) is 18.2 Å². The van der Waals surface area contributed by atoms with Crippen LogP contribution in [0.2, 0.25) is 0 Å². The Hall–Kier alpha value is -1.66. The average Bonchev–Trinajstić information content (AvgIpc) is 2.34. The molecule has 1 saturated heterocycles. The molecule has 0 amide bonds. The van der Waals surface area contributed by atoms with Crippen LogP contribution in [0, 0.1) is 5.82 Å². The van der Waals surface area contributed by atoms with E-state index in [0.29, 0.717) is 25.2 Å². The van der Waals surface area contributed by atoms with Crippen molar-refractivity contribution in [3.63, 3.8) is 0 Å². The number of carbonyl (C=O) groups is 1. The maximum Gasteiger partial charge on any atom is 0.322 e. The summed E-state index contributed by atoms with van der Waals surface area (Å²) in [7, 11) is 0. The molecule has 0 aromatic heterocycles. The second kappa shape index (κ2) is 5.32. The van der Waals surface area contributed by atoms with Gasteiger partial charge in [-0.3, -0.25) is 9.69 Å². The molecule has 1 aromatic rings. The van der Waals surface area contributed by atoms with Gasteiger partial charge in [0.05, 0.1) is 0 Å². The lowest BCUT2D eigenvalue weighted by Gasteiger charge is -2.33. The molecule has 1 heterocycles. The van der Waals surface area contributed by atoms with Gasteiger partial charge in [0.2, 0.25) is 0 Å². The third-order valence-corrected chi connectivity index (χ3v) is 3.05. The van der Waals surface area contributed by atoms with E-state index in [-0.39, 0.29) is 12.3 Å². The molecule has 0 radical (unpaired) electrons. The smallest absolute Gasteiger partial charge is 0.322 e. The molecule has 3 N–H and O–H groups in total. The molecule has 0 aliphatic carbocycles. The molecule has 0 saturated carbocycles. The lowest BCUT2D eigenvalue weighted by molar-refractivity contribution is -0.144. The van der Waals surface area contributed by atoms with Crippen molar-refractivity contribution in [2.45, 2.75) is 12.6 Å². The zero-order chi connectivity index (χ0) is 13.1. The summed E-state index contributed by atoms with van der Waals surface area (Å²) in [5.41, 5.74) is 0.406. The molecule has 0 bridgehead atoms. The molecule has 1 fully saturated rings. The fourth-order valence-electron chi connectivity index (χ4n) is 2.08. The van der Waals surface area contributed by atoms with Crippen LogP contribution in [0.25, 0.3) is 0 Å². The van der Waals surface area contributed by atoms with E-state index < -0.39 is 17.8 Å². The summed E-state index contributed by atoms with van der Waals surface area (Å²) in [6, 6.07) is 3.03. The van der Waals surface area contributed by atoms with E-state index >= 15 is 0 Å². The van der Waals surface area contributed by atoms with Gasteiger partial charge in [-0.05, 0) is 18.2 Å². The Morgan fingerprint density at radius 3 is 3.06 bits per heavy atom. The van der Waals surface area contributed by atoms with E-state index in [1.807, 2.05) is 0 Å². The first-order valence-electron chi connectivity index (χ1n) is 5.73. The summed E-state index contributed by atoms with van der Waals surface area (Å²) in [5.74, 6) is -1.37. The summed E-state index contributed by atoms with van der Waals surface area (Å²) in [4.78, 5) is 12.8. The van der Waals surface area contributed by atoms with Crippen molar-refractivity contribution in [1.82, 2.24) is 10.2 Å². The number of carboxylic acid groups (broad SMARTS) is 1. The van der Waals surface area contributed by atoms with Crippen molar-refractivity contribution in [2.75, 3.05) is 19.6 Å². The third-order valence-electron chi connectivity index (χ3n) is 3.05. The second-order valence-corrected chi connectivity index (χ2v) is 4.30. The highest BCUT2D eigenvalue weighted by Gasteiger charge is 2.28. The minimum atomic E-state index is -0.918. The number of piperazine rings is 1. The zero-order valence-corrected chi connectivity index (χ0v) is 9.77. The van der Waals surface area contributed by atoms with Crippen LogP contribution in [0.3, 0.4) is 0 Å². The van der Waals surface area contributed by atoms with Crippen molar-refractivity contribution in [2.24, 2.45) is 0 Å². The Balaban J connectivity index is 2.15. The molecule has 1 aliphatic heterocycles. The van der Waals surface area contributed by atoms with Crippen molar-refractivity contribution in [1.29, 1.82) is 0 Å². The number of hydrogen-bond donors (Lipinski definition) is 3. The van der Waals surface area contributed by atoms with Crippen LogP contribution in [-0.2, 0) is 11.3 Å². The molecule has 2 rings (SSSR count). The van der Waals surface area contributed by atoms with Gasteiger partial charge in [-0.15, -0.1) is 0 Å². The number of phenols is 1. The van der Waals surface area contributed by atoms with Gasteiger partial charge < -0.3 is 15.5 Å². The molecule has 6 heteroatoms. The normalized spacial score (nSPS) is 20.8. The molecule has 5 nitrogen and oxygen atoms in total. The highest BCUT2D eigenvalue weighted by molar-refractivity contribution is 5.74. The van der Waals surface area contributed by atoms with Gasteiger partial charge in [0.15, 0.2) is 0 Å². The van der Waals surface area contributed by atoms with E-state index in [4.69, 9.17) is 5.11 Å². The van der Waals surface area contributed by atoms with Crippen molar-refractivity contribution in [3.05, 3.63) is 29.6 Å². The topological polar surface area (TPSA) is 72.8 Å². The van der Waals surface area contributed by atoms with Crippen LogP contribution >= 0.6 is 0 Å². The van der Waals surface area contributed by atoms with E-state index in [0.717, 1.165) is 0 Å². The number of halogens is 1. The Bertz CT molecular complexity index is 453. The number of benzene rings is 1. The average molecular weight is 254 g/mol. The third kappa shape index (κ3) is 2.77. The predicted molar refractivity (Wildman–Crippen MR) is 62.8 cm³/mol. The Morgan fingerprint density at radius 1 is 1.56 bits per heavy atom. The number of carboxylic acids is 1. The first kappa shape index (κ1) is 12.8. The maximum atomic E-state index is 13.1. The fourth-order valence-corrected chi connectivity index (χ4v) is 2.08. The molecule has 1 aromatic carbocycles. The first-order valence-corrected chi connectivity index (χ1v) is 5.73. The number of nitrogens with zero attached hydrogens (tertiary/aromatic N) is 1. The Kier molecular flexibility index (Phi) is 3.78. The van der Waals surface area contributed by atoms with Crippen LogP contribution in [0.1, 0.15) is 5.56 Å². The summed E-state index contributed by atoms with van der Waals surface area (Å²) >= 11 is 0. The van der Waals surface area contributed by atoms with Gasteiger partial charge in [-0.25, -0.2) is 4.39 Å². The van der Waals surface area contributed by atoms with Crippen LogP contribution in [0.15, 0.2) is 18.2 Å². The van der Waals surface area contributed by atoms with E-state index in [9.17, 15) is 14.3 Å². The number of phenolic OH excluding ortho intramolecular Hbond substituents is 1. The van der Waals surface area contributed by atoms with Gasteiger partial charge in [-0.1, -0.05) is 0 Å². The molecular weight excluding hydrogens is 239 g/mol. The predicted octanol–water partition coefficient (Wildman–Crippen LogP) is 0.390. The molecular formula is C12H15FN2O3. The lowest BCUT2D eigenvalue weighted by Crippen LogP contribution is -2.54. The zero-order valence-electron chi connectivity index (χ0n) is 9.77. The van der Waals surface area contributed by atoms with Crippen LogP contribution in [-0.4, -0.2) is 46.8 Å². The second-order valence-electron chi connectivity index (χ2n) is 4.30. The number of aliphatic carboxylic acids is 1. The summed E-state index contributed by atoms with van der Waals surface area (Å²) in [6.07, 6.45) is 0. The summed E-state index contributed by atoms with van der Waals surface area (Å²) in [6.45, 7) is 1.81. The minimum Gasteiger partial charge on any atom is -0.508 e. The standard InChI is InChI=1S/C12H15FN2O3/c13-9-1-2-11(16)8(5-9)7-15-4-3-14-6-10(15)12(17)18/h1-2,5,10,14,16H,3-4,6-7H2,(H,17,18). The van der Waals surface area contributed by atoms with Crippen LogP contribution in [0.4, 0.5) is 4.39 Å². The molecule has 1 aliphatic rings. The highest BCUT2D eigenvalue weighted by Crippen LogP contribution is 2.21. The van der Waals surface area contributed by atoms with Crippen LogP contribution < -0.4 is 5.32 Å². The molecule has 98 valence electrons. The van der Waals surface area contributed by atoms with Crippen molar-refractivity contribution >= 4 is 5.97 Å². The monoisotopic (exact) mass is 254 g/mol. The van der Waals surface area contributed by atoms with E-state index in [1.54, 1.807) is 4.90 Å². The van der Waals surface area contributed by atoms with Crippen molar-refractivity contribution < 1.29 is 19.4 Å². The summed E-state index contributed by atoms with van der Waals surface area (Å²) in [5, 5.41) is 21.7. The number of hydrogen-bond acceptors (Lipinski definition) is 4. The molecule has 1 atom stereocenters. The molecule has 0 spiro atoms. The quantitative estimate of drug-likeness (QED) is 0.727. The largest absolute Gasteiger partial charge is 0.508 e. The Labute approximate surface area is 104 Å². The van der Waals surface area contributed by atoms with E-state index in [2.05, 4.69) is 5.32 Å². The first-order chi connectivity index (χ1) is 8.58. The summed E-state index contributed by atoms with van der Waals surface area (Å²) < 4.78 is 13.1.